The van der Waals surface area contributed by atoms with E-state index in [9.17, 15) is 14.4 Å². The number of amides is 1. The molecular formula is C10H15NO5. The van der Waals surface area contributed by atoms with E-state index < -0.39 is 23.9 Å². The molecule has 0 radical (unpaired) electrons. The van der Waals surface area contributed by atoms with Crippen molar-refractivity contribution in [3.63, 3.8) is 0 Å². The van der Waals surface area contributed by atoms with Gasteiger partial charge in [0.05, 0.1) is 7.11 Å². The SMILES string of the molecule is C=CCC(=O)N[C@H](CCC(=O)OC)C(=O)O. The Morgan fingerprint density at radius 3 is 2.56 bits per heavy atom. The van der Waals surface area contributed by atoms with Crippen molar-refractivity contribution >= 4 is 17.8 Å². The molecule has 0 heterocycles. The molecule has 0 bridgehead atoms. The van der Waals surface area contributed by atoms with Crippen molar-refractivity contribution in [2.75, 3.05) is 7.11 Å². The summed E-state index contributed by atoms with van der Waals surface area (Å²) >= 11 is 0. The van der Waals surface area contributed by atoms with Gasteiger partial charge in [0.2, 0.25) is 5.91 Å². The molecule has 0 saturated carbocycles. The van der Waals surface area contributed by atoms with Gasteiger partial charge in [0.1, 0.15) is 6.04 Å². The van der Waals surface area contributed by atoms with Crippen molar-refractivity contribution in [1.29, 1.82) is 0 Å². The lowest BCUT2D eigenvalue weighted by molar-refractivity contribution is -0.144. The molecule has 0 fully saturated rings. The number of carboxylic acids is 1. The molecular weight excluding hydrogens is 214 g/mol. The lowest BCUT2D eigenvalue weighted by Crippen LogP contribution is -2.40. The highest BCUT2D eigenvalue weighted by Gasteiger charge is 2.20. The van der Waals surface area contributed by atoms with Gasteiger partial charge in [0.15, 0.2) is 0 Å². The van der Waals surface area contributed by atoms with Gasteiger partial charge in [-0.1, -0.05) is 6.08 Å². The van der Waals surface area contributed by atoms with Crippen LogP contribution in [0.25, 0.3) is 0 Å². The fourth-order valence-corrected chi connectivity index (χ4v) is 1.01. The Balaban J connectivity index is 4.17. The highest BCUT2D eigenvalue weighted by atomic mass is 16.5. The predicted octanol–water partition coefficient (Wildman–Crippen LogP) is 0.0851. The van der Waals surface area contributed by atoms with Crippen molar-refractivity contribution in [2.45, 2.75) is 25.3 Å². The van der Waals surface area contributed by atoms with E-state index in [-0.39, 0.29) is 19.3 Å². The Morgan fingerprint density at radius 2 is 2.12 bits per heavy atom. The van der Waals surface area contributed by atoms with Crippen molar-refractivity contribution < 1.29 is 24.2 Å². The second-order valence-corrected chi connectivity index (χ2v) is 3.07. The van der Waals surface area contributed by atoms with Crippen LogP contribution in [0.4, 0.5) is 0 Å². The van der Waals surface area contributed by atoms with Crippen molar-refractivity contribution in [3.8, 4) is 0 Å². The van der Waals surface area contributed by atoms with Crippen LogP contribution in [0.15, 0.2) is 12.7 Å². The molecule has 6 nitrogen and oxygen atoms in total. The first-order valence-corrected chi connectivity index (χ1v) is 4.71. The Hall–Kier alpha value is -1.85. The first-order valence-electron chi connectivity index (χ1n) is 4.71. The van der Waals surface area contributed by atoms with Crippen LogP contribution in [0.1, 0.15) is 19.3 Å². The highest BCUT2D eigenvalue weighted by molar-refractivity contribution is 5.84. The van der Waals surface area contributed by atoms with E-state index in [0.29, 0.717) is 0 Å². The summed E-state index contributed by atoms with van der Waals surface area (Å²) in [6.45, 7) is 3.36. The molecule has 6 heteroatoms. The monoisotopic (exact) mass is 229 g/mol. The standard InChI is InChI=1S/C10H15NO5/c1-3-4-8(12)11-7(10(14)15)5-6-9(13)16-2/h3,7H,1,4-6H2,2H3,(H,11,12)(H,14,15)/t7-/m1/s1. The lowest BCUT2D eigenvalue weighted by atomic mass is 10.1. The average Bonchev–Trinajstić information content (AvgIpc) is 2.23. The molecule has 0 spiro atoms. The van der Waals surface area contributed by atoms with Crippen LogP contribution in [0.2, 0.25) is 0 Å². The molecule has 90 valence electrons. The fraction of sp³-hybridized carbons (Fsp3) is 0.500. The third-order valence-electron chi connectivity index (χ3n) is 1.83. The molecule has 0 saturated heterocycles. The van der Waals surface area contributed by atoms with Crippen molar-refractivity contribution in [1.82, 2.24) is 5.32 Å². The Bertz CT molecular complexity index is 287. The zero-order valence-electron chi connectivity index (χ0n) is 9.06. The average molecular weight is 229 g/mol. The van der Waals surface area contributed by atoms with Crippen molar-refractivity contribution in [3.05, 3.63) is 12.7 Å². The number of hydrogen-bond acceptors (Lipinski definition) is 4. The molecule has 0 aliphatic carbocycles. The van der Waals surface area contributed by atoms with Gasteiger partial charge in [-0.3, -0.25) is 9.59 Å². The second-order valence-electron chi connectivity index (χ2n) is 3.07. The lowest BCUT2D eigenvalue weighted by Gasteiger charge is -2.12. The van der Waals surface area contributed by atoms with Gasteiger partial charge < -0.3 is 15.2 Å². The van der Waals surface area contributed by atoms with E-state index >= 15 is 0 Å². The summed E-state index contributed by atoms with van der Waals surface area (Å²) < 4.78 is 4.37. The van der Waals surface area contributed by atoms with Crippen LogP contribution in [0, 0.1) is 0 Å². The topological polar surface area (TPSA) is 92.7 Å². The molecule has 2 N–H and O–H groups in total. The molecule has 0 aromatic rings. The minimum absolute atomic E-state index is 0.00485. The third-order valence-corrected chi connectivity index (χ3v) is 1.83. The minimum atomic E-state index is -1.18. The molecule has 0 rings (SSSR count). The van der Waals surface area contributed by atoms with Crippen LogP contribution >= 0.6 is 0 Å². The van der Waals surface area contributed by atoms with Crippen LogP contribution in [0.5, 0.6) is 0 Å². The van der Waals surface area contributed by atoms with E-state index in [1.165, 1.54) is 13.2 Å². The number of nitrogens with one attached hydrogen (secondary N) is 1. The number of ether oxygens (including phenoxy) is 1. The summed E-state index contributed by atoms with van der Waals surface area (Å²) in [5.41, 5.74) is 0. The van der Waals surface area contributed by atoms with Gasteiger partial charge in [-0.15, -0.1) is 6.58 Å². The van der Waals surface area contributed by atoms with E-state index in [1.807, 2.05) is 0 Å². The maximum atomic E-state index is 11.1. The number of methoxy groups -OCH3 is 1. The number of hydrogen-bond donors (Lipinski definition) is 2. The van der Waals surface area contributed by atoms with Crippen LogP contribution in [-0.4, -0.2) is 36.1 Å². The quantitative estimate of drug-likeness (QED) is 0.476. The first kappa shape index (κ1) is 14.2. The normalized spacial score (nSPS) is 11.3. The van der Waals surface area contributed by atoms with E-state index in [2.05, 4.69) is 16.6 Å². The van der Waals surface area contributed by atoms with E-state index in [0.717, 1.165) is 0 Å². The Kier molecular flexibility index (Phi) is 6.58. The smallest absolute Gasteiger partial charge is 0.326 e. The molecule has 16 heavy (non-hydrogen) atoms. The second kappa shape index (κ2) is 7.44. The Labute approximate surface area is 93.3 Å². The van der Waals surface area contributed by atoms with Crippen LogP contribution in [0.3, 0.4) is 0 Å². The number of aliphatic carboxylic acids is 1. The molecule has 0 unspecified atom stereocenters. The number of carboxylic acid groups (broad SMARTS) is 1. The first-order chi connectivity index (χ1) is 7.51. The summed E-state index contributed by atoms with van der Waals surface area (Å²) in [5, 5.41) is 11.1. The van der Waals surface area contributed by atoms with Gasteiger partial charge in [-0.2, -0.15) is 0 Å². The molecule has 1 atom stereocenters. The zero-order valence-corrected chi connectivity index (χ0v) is 9.06. The summed E-state index contributed by atoms with van der Waals surface area (Å²) in [4.78, 5) is 32.7. The highest BCUT2D eigenvalue weighted by Crippen LogP contribution is 2.00. The number of esters is 1. The Morgan fingerprint density at radius 1 is 1.50 bits per heavy atom. The molecule has 0 aliphatic heterocycles. The van der Waals surface area contributed by atoms with Gasteiger partial charge in [0, 0.05) is 12.8 Å². The van der Waals surface area contributed by atoms with Crippen LogP contribution in [-0.2, 0) is 19.1 Å². The fourth-order valence-electron chi connectivity index (χ4n) is 1.01. The molecule has 0 aromatic heterocycles. The van der Waals surface area contributed by atoms with Crippen LogP contribution < -0.4 is 5.32 Å². The maximum Gasteiger partial charge on any atom is 0.326 e. The summed E-state index contributed by atoms with van der Waals surface area (Å²) in [5.74, 6) is -2.13. The number of carbonyl (C=O) groups is 3. The minimum Gasteiger partial charge on any atom is -0.480 e. The predicted molar refractivity (Wildman–Crippen MR) is 55.6 cm³/mol. The van der Waals surface area contributed by atoms with E-state index in [1.54, 1.807) is 0 Å². The number of carbonyl (C=O) groups excluding carboxylic acids is 2. The zero-order chi connectivity index (χ0) is 12.6. The van der Waals surface area contributed by atoms with Gasteiger partial charge >= 0.3 is 11.9 Å². The molecule has 0 aliphatic rings. The van der Waals surface area contributed by atoms with E-state index in [4.69, 9.17) is 5.11 Å². The maximum absolute atomic E-state index is 11.1. The van der Waals surface area contributed by atoms with Crippen molar-refractivity contribution in [2.24, 2.45) is 0 Å². The molecule has 0 aromatic carbocycles. The molecule has 1 amide bonds. The summed E-state index contributed by atoms with van der Waals surface area (Å²) in [6, 6.07) is -1.08. The summed E-state index contributed by atoms with van der Waals surface area (Å²) in [6.07, 6.45) is 1.36. The number of rotatable bonds is 7. The third kappa shape index (κ3) is 5.79. The summed E-state index contributed by atoms with van der Waals surface area (Å²) in [7, 11) is 1.22. The largest absolute Gasteiger partial charge is 0.480 e. The van der Waals surface area contributed by atoms with Gasteiger partial charge in [0.25, 0.3) is 0 Å². The van der Waals surface area contributed by atoms with Gasteiger partial charge in [-0.05, 0) is 6.42 Å². The van der Waals surface area contributed by atoms with Gasteiger partial charge in [-0.25, -0.2) is 4.79 Å².